The Kier molecular flexibility index (Phi) is 25.7. The average molecular weight is 228 g/mol. The Labute approximate surface area is 105 Å². The highest BCUT2D eigenvalue weighted by Crippen LogP contribution is 1.91. The summed E-state index contributed by atoms with van der Waals surface area (Å²) in [6.45, 7) is 14.7. The van der Waals surface area contributed by atoms with E-state index in [9.17, 15) is 0 Å². The number of nitrogens with zero attached hydrogens (tertiary/aromatic N) is 1. The van der Waals surface area contributed by atoms with Crippen LogP contribution in [0.4, 0.5) is 0 Å². The Bertz CT molecular complexity index is 125. The maximum atomic E-state index is 3.00. The van der Waals surface area contributed by atoms with Crippen molar-refractivity contribution in [1.82, 2.24) is 16.0 Å². The van der Waals surface area contributed by atoms with E-state index >= 15 is 0 Å². The Hall–Kier alpha value is -0.635. The Morgan fingerprint density at radius 2 is 1.12 bits per heavy atom. The molecule has 0 bridgehead atoms. The van der Waals surface area contributed by atoms with Crippen LogP contribution in [-0.4, -0.2) is 19.6 Å². The topological polar surface area (TPSA) is 27.3 Å². The molecule has 0 saturated carbocycles. The van der Waals surface area contributed by atoms with Crippen LogP contribution in [0.15, 0.2) is 12.4 Å². The van der Waals surface area contributed by atoms with Gasteiger partial charge in [0, 0.05) is 26.9 Å². The van der Waals surface area contributed by atoms with Gasteiger partial charge in [-0.25, -0.2) is 0 Å². The lowest BCUT2D eigenvalue weighted by molar-refractivity contribution is 0.144. The summed E-state index contributed by atoms with van der Waals surface area (Å²) in [6.07, 6.45) is 3.72. The van der Waals surface area contributed by atoms with Gasteiger partial charge in [0.2, 0.25) is 0 Å². The molecule has 3 nitrogen and oxygen atoms in total. The highest BCUT2D eigenvalue weighted by Gasteiger charge is 2.06. The lowest BCUT2D eigenvalue weighted by Gasteiger charge is -2.19. The van der Waals surface area contributed by atoms with Gasteiger partial charge in [-0.15, -0.1) is 5.12 Å². The molecular weight excluding hydrogens is 197 g/mol. The van der Waals surface area contributed by atoms with Gasteiger partial charge in [0.25, 0.3) is 0 Å². The van der Waals surface area contributed by atoms with Gasteiger partial charge in [0.15, 0.2) is 0 Å². The lowest BCUT2D eigenvalue weighted by atomic mass is 10.3. The third kappa shape index (κ3) is 19.0. The van der Waals surface area contributed by atoms with Crippen LogP contribution in [0.5, 0.6) is 0 Å². The Balaban J connectivity index is -0.0000000793. The van der Waals surface area contributed by atoms with Crippen LogP contribution in [0.2, 0.25) is 0 Å². The van der Waals surface area contributed by atoms with Crippen molar-refractivity contribution in [2.24, 2.45) is 5.92 Å². The molecule has 97 valence electrons. The second kappa shape index (κ2) is 16.8. The second-order valence-corrected chi connectivity index (χ2v) is 3.79. The van der Waals surface area contributed by atoms with E-state index in [1.807, 2.05) is 31.4 Å². The zero-order valence-electron chi connectivity index (χ0n) is 11.3. The van der Waals surface area contributed by atoms with E-state index in [-0.39, 0.29) is 15.8 Å². The standard InChI is InChI=1S/C5H11N3.C4H10.C2H6.CH4.B/c1-5(2)8-6-3-4-7-8;1-4(2)3;1-2;;/h3-7H,1-2H3;4H,1-3H3;1-2H3;1H4;. The Morgan fingerprint density at radius 1 is 0.875 bits per heavy atom. The summed E-state index contributed by atoms with van der Waals surface area (Å²) in [7, 11) is 0. The van der Waals surface area contributed by atoms with Crippen molar-refractivity contribution in [3.05, 3.63) is 12.4 Å². The molecule has 0 amide bonds. The predicted molar refractivity (Wildman–Crippen MR) is 76.7 cm³/mol. The smallest absolute Gasteiger partial charge is 0.0443 e. The number of rotatable bonds is 1. The molecule has 1 heterocycles. The zero-order chi connectivity index (χ0) is 11.6. The van der Waals surface area contributed by atoms with Crippen LogP contribution in [0.25, 0.3) is 0 Å². The molecule has 0 spiro atoms. The van der Waals surface area contributed by atoms with E-state index in [4.69, 9.17) is 0 Å². The van der Waals surface area contributed by atoms with Crippen LogP contribution < -0.4 is 10.9 Å². The van der Waals surface area contributed by atoms with E-state index in [1.54, 1.807) is 0 Å². The number of hydrogen-bond donors (Lipinski definition) is 2. The molecule has 4 heteroatoms. The van der Waals surface area contributed by atoms with Gasteiger partial charge in [-0.3, -0.25) is 0 Å². The summed E-state index contributed by atoms with van der Waals surface area (Å²) < 4.78 is 0. The molecule has 0 aliphatic carbocycles. The Morgan fingerprint density at radius 3 is 1.25 bits per heavy atom. The van der Waals surface area contributed by atoms with Crippen molar-refractivity contribution in [2.45, 2.75) is 61.9 Å². The molecule has 0 fully saturated rings. The van der Waals surface area contributed by atoms with Crippen LogP contribution in [0.1, 0.15) is 55.9 Å². The predicted octanol–water partition coefficient (Wildman–Crippen LogP) is 3.13. The summed E-state index contributed by atoms with van der Waals surface area (Å²) >= 11 is 0. The quantitative estimate of drug-likeness (QED) is 0.675. The van der Waals surface area contributed by atoms with Gasteiger partial charge in [0.05, 0.1) is 0 Å². The molecule has 1 aliphatic rings. The number of hydrazine groups is 2. The highest BCUT2D eigenvalue weighted by molar-refractivity contribution is 5.75. The molecule has 1 rings (SSSR count). The van der Waals surface area contributed by atoms with Crippen LogP contribution in [-0.2, 0) is 0 Å². The molecular formula is C12H31BN3. The van der Waals surface area contributed by atoms with Crippen LogP contribution in [0, 0.1) is 5.92 Å². The van der Waals surface area contributed by atoms with Crippen molar-refractivity contribution < 1.29 is 0 Å². The molecule has 3 radical (unpaired) electrons. The van der Waals surface area contributed by atoms with E-state index in [0.29, 0.717) is 6.04 Å². The fourth-order valence-corrected chi connectivity index (χ4v) is 0.571. The molecule has 2 N–H and O–H groups in total. The first kappa shape index (κ1) is 24.5. The van der Waals surface area contributed by atoms with Gasteiger partial charge < -0.3 is 10.9 Å². The van der Waals surface area contributed by atoms with Crippen molar-refractivity contribution in [1.29, 1.82) is 0 Å². The van der Waals surface area contributed by atoms with Crippen molar-refractivity contribution in [3.8, 4) is 0 Å². The van der Waals surface area contributed by atoms with Gasteiger partial charge in [-0.05, 0) is 19.8 Å². The lowest BCUT2D eigenvalue weighted by Crippen LogP contribution is -2.43. The summed E-state index contributed by atoms with van der Waals surface area (Å²) in [4.78, 5) is 0. The molecule has 0 aromatic heterocycles. The zero-order valence-corrected chi connectivity index (χ0v) is 11.3. The normalized spacial score (nSPS) is 12.1. The summed E-state index contributed by atoms with van der Waals surface area (Å²) in [6, 6.07) is 0.491. The molecule has 0 saturated heterocycles. The van der Waals surface area contributed by atoms with Crippen molar-refractivity contribution in [2.75, 3.05) is 0 Å². The molecule has 1 aliphatic heterocycles. The molecule has 16 heavy (non-hydrogen) atoms. The van der Waals surface area contributed by atoms with E-state index in [1.165, 1.54) is 0 Å². The number of hydrogen-bond acceptors (Lipinski definition) is 3. The fraction of sp³-hybridized carbons (Fsp3) is 0.833. The van der Waals surface area contributed by atoms with Gasteiger partial charge in [-0.1, -0.05) is 42.0 Å². The van der Waals surface area contributed by atoms with E-state index in [0.717, 1.165) is 5.92 Å². The summed E-state index contributed by atoms with van der Waals surface area (Å²) in [5.41, 5.74) is 6.00. The SMILES string of the molecule is C.CC.CC(C)C.CC(C)N1NC=CN1.[B]. The van der Waals surface area contributed by atoms with Gasteiger partial charge in [-0.2, -0.15) is 0 Å². The number of nitrogens with one attached hydrogen (secondary N) is 2. The molecule has 0 aromatic rings. The van der Waals surface area contributed by atoms with Gasteiger partial charge >= 0.3 is 0 Å². The third-order valence-corrected chi connectivity index (χ3v) is 1.03. The van der Waals surface area contributed by atoms with E-state index in [2.05, 4.69) is 45.5 Å². The third-order valence-electron chi connectivity index (χ3n) is 1.03. The largest absolute Gasteiger partial charge is 0.307 e. The first-order chi connectivity index (χ1) is 6.54. The minimum absolute atomic E-state index is 0. The van der Waals surface area contributed by atoms with E-state index < -0.39 is 0 Å². The van der Waals surface area contributed by atoms with Crippen molar-refractivity contribution in [3.63, 3.8) is 0 Å². The fourth-order valence-electron chi connectivity index (χ4n) is 0.571. The first-order valence-corrected chi connectivity index (χ1v) is 5.50. The summed E-state index contributed by atoms with van der Waals surface area (Å²) in [5.74, 6) is 0.833. The monoisotopic (exact) mass is 228 g/mol. The molecule has 0 atom stereocenters. The minimum atomic E-state index is 0. The minimum Gasteiger partial charge on any atom is -0.307 e. The van der Waals surface area contributed by atoms with Crippen LogP contribution >= 0.6 is 0 Å². The highest BCUT2D eigenvalue weighted by atomic mass is 15.7. The average Bonchev–Trinajstić information content (AvgIpc) is 2.58. The first-order valence-electron chi connectivity index (χ1n) is 5.50. The van der Waals surface area contributed by atoms with Crippen molar-refractivity contribution >= 4 is 8.41 Å². The second-order valence-electron chi connectivity index (χ2n) is 3.79. The van der Waals surface area contributed by atoms with Gasteiger partial charge in [0.1, 0.15) is 0 Å². The molecule has 0 unspecified atom stereocenters. The molecule has 0 aromatic carbocycles. The van der Waals surface area contributed by atoms with Crippen LogP contribution in [0.3, 0.4) is 0 Å². The maximum Gasteiger partial charge on any atom is 0.0443 e. The summed E-state index contributed by atoms with van der Waals surface area (Å²) in [5, 5.41) is 1.92. The maximum absolute atomic E-state index is 3.00.